The maximum absolute atomic E-state index is 11.1. The Bertz CT molecular complexity index is 912. The summed E-state index contributed by atoms with van der Waals surface area (Å²) >= 11 is 0. The molecule has 0 radical (unpaired) electrons. The summed E-state index contributed by atoms with van der Waals surface area (Å²) in [6.45, 7) is -3.21. The van der Waals surface area contributed by atoms with E-state index in [-0.39, 0.29) is 0 Å². The third kappa shape index (κ3) is 7.59. The zero-order valence-corrected chi connectivity index (χ0v) is 23.5. The molecule has 264 valence electrons. The van der Waals surface area contributed by atoms with Crippen LogP contribution >= 0.6 is 0 Å². The number of ether oxygens (including phenoxy) is 7. The largest absolute Gasteiger partial charge is 0.394 e. The van der Waals surface area contributed by atoms with Gasteiger partial charge in [-0.2, -0.15) is 0 Å². The standard InChI is InChI=1S/C24H42O21/c25-1-5-9(28)11(30)16(35)22(41-5)39-4-8-20(45-23-17(36)12(31)10(29)6(2-26)42-23)14(33)18(37)24(43-8)44-19-7(3-27)40-21(38)15(34)13(19)32/h5-38H,1-4H2/t5-,6+,7-,8-,9-,10+,11+,12-,13-,14-,15+,16-,17-,18-,19+,20+,21+,22-,23-,24+/m0/s1. The highest BCUT2D eigenvalue weighted by Gasteiger charge is 2.54. The minimum atomic E-state index is -2.06. The first-order chi connectivity index (χ1) is 21.2. The molecule has 20 atom stereocenters. The fourth-order valence-corrected chi connectivity index (χ4v) is 5.44. The third-order valence-corrected chi connectivity index (χ3v) is 8.18. The van der Waals surface area contributed by atoms with Crippen molar-refractivity contribution in [1.29, 1.82) is 0 Å². The van der Waals surface area contributed by atoms with Crippen LogP contribution in [0.2, 0.25) is 0 Å². The molecule has 0 aromatic rings. The van der Waals surface area contributed by atoms with Crippen LogP contribution in [0.3, 0.4) is 0 Å². The zero-order valence-electron chi connectivity index (χ0n) is 23.5. The molecule has 0 spiro atoms. The average Bonchev–Trinajstić information content (AvgIpc) is 3.03. The number of rotatable bonds is 10. The lowest BCUT2D eigenvalue weighted by molar-refractivity contribution is -0.383. The number of hydrogen-bond donors (Lipinski definition) is 14. The summed E-state index contributed by atoms with van der Waals surface area (Å²) in [5.74, 6) is 0. The minimum Gasteiger partial charge on any atom is -0.394 e. The van der Waals surface area contributed by atoms with Crippen molar-refractivity contribution in [3.05, 3.63) is 0 Å². The average molecular weight is 667 g/mol. The molecule has 0 saturated carbocycles. The van der Waals surface area contributed by atoms with Crippen molar-refractivity contribution in [2.75, 3.05) is 26.4 Å². The molecule has 0 bridgehead atoms. The molecule has 21 heteroatoms. The molecule has 45 heavy (non-hydrogen) atoms. The van der Waals surface area contributed by atoms with Gasteiger partial charge in [0.25, 0.3) is 0 Å². The molecule has 4 aliphatic heterocycles. The summed E-state index contributed by atoms with van der Waals surface area (Å²) in [4.78, 5) is 0. The van der Waals surface area contributed by atoms with Gasteiger partial charge in [0.1, 0.15) is 97.7 Å². The Morgan fingerprint density at radius 2 is 0.778 bits per heavy atom. The molecule has 0 aromatic carbocycles. The Morgan fingerprint density at radius 1 is 0.378 bits per heavy atom. The minimum absolute atomic E-state index is 0.761. The molecular weight excluding hydrogens is 624 g/mol. The predicted octanol–water partition coefficient (Wildman–Crippen LogP) is -9.75. The monoisotopic (exact) mass is 666 g/mol. The van der Waals surface area contributed by atoms with Gasteiger partial charge in [-0.3, -0.25) is 0 Å². The van der Waals surface area contributed by atoms with E-state index in [4.69, 9.17) is 33.2 Å². The van der Waals surface area contributed by atoms with E-state index < -0.39 is 149 Å². The lowest BCUT2D eigenvalue weighted by Gasteiger charge is -2.48. The van der Waals surface area contributed by atoms with E-state index in [0.717, 1.165) is 0 Å². The number of hydrogen-bond acceptors (Lipinski definition) is 21. The molecule has 4 saturated heterocycles. The molecule has 0 amide bonds. The van der Waals surface area contributed by atoms with Gasteiger partial charge in [-0.05, 0) is 0 Å². The Morgan fingerprint density at radius 3 is 1.29 bits per heavy atom. The summed E-state index contributed by atoms with van der Waals surface area (Å²) in [6, 6.07) is 0. The van der Waals surface area contributed by atoms with Gasteiger partial charge in [0, 0.05) is 0 Å². The normalized spacial score (nSPS) is 52.9. The van der Waals surface area contributed by atoms with Crippen LogP contribution < -0.4 is 0 Å². The fraction of sp³-hybridized carbons (Fsp3) is 1.00. The molecule has 0 unspecified atom stereocenters. The van der Waals surface area contributed by atoms with E-state index in [1.807, 2.05) is 0 Å². The van der Waals surface area contributed by atoms with Crippen LogP contribution in [0.25, 0.3) is 0 Å². The lowest BCUT2D eigenvalue weighted by atomic mass is 9.96. The van der Waals surface area contributed by atoms with Crippen LogP contribution in [0.5, 0.6) is 0 Å². The van der Waals surface area contributed by atoms with Crippen LogP contribution in [0.4, 0.5) is 0 Å². The van der Waals surface area contributed by atoms with E-state index in [1.165, 1.54) is 0 Å². The van der Waals surface area contributed by atoms with Crippen molar-refractivity contribution in [3.8, 4) is 0 Å². The van der Waals surface area contributed by atoms with Crippen LogP contribution in [0.15, 0.2) is 0 Å². The highest BCUT2D eigenvalue weighted by molar-refractivity contribution is 4.97. The van der Waals surface area contributed by atoms with Gasteiger partial charge in [-0.15, -0.1) is 0 Å². The third-order valence-electron chi connectivity index (χ3n) is 8.18. The van der Waals surface area contributed by atoms with Crippen molar-refractivity contribution < 1.29 is 105 Å². The van der Waals surface area contributed by atoms with Crippen molar-refractivity contribution in [3.63, 3.8) is 0 Å². The molecule has 0 aromatic heterocycles. The summed E-state index contributed by atoms with van der Waals surface area (Å²) in [6.07, 6.45) is -35.6. The van der Waals surface area contributed by atoms with E-state index >= 15 is 0 Å². The van der Waals surface area contributed by atoms with Crippen molar-refractivity contribution in [2.45, 2.75) is 123 Å². The van der Waals surface area contributed by atoms with Gasteiger partial charge in [0.15, 0.2) is 25.2 Å². The first-order valence-electron chi connectivity index (χ1n) is 14.1. The van der Waals surface area contributed by atoms with Gasteiger partial charge < -0.3 is 105 Å². The molecule has 4 aliphatic rings. The van der Waals surface area contributed by atoms with Crippen molar-refractivity contribution in [2.24, 2.45) is 0 Å². The molecular formula is C24H42O21. The summed E-state index contributed by atoms with van der Waals surface area (Å²) in [5, 5.41) is 142. The second-order valence-electron chi connectivity index (χ2n) is 11.2. The second-order valence-corrected chi connectivity index (χ2v) is 11.2. The van der Waals surface area contributed by atoms with Crippen LogP contribution in [0.1, 0.15) is 0 Å². The Kier molecular flexibility index (Phi) is 12.8. The summed E-state index contributed by atoms with van der Waals surface area (Å²) in [7, 11) is 0. The van der Waals surface area contributed by atoms with Crippen LogP contribution in [0, 0.1) is 0 Å². The van der Waals surface area contributed by atoms with Crippen LogP contribution in [-0.2, 0) is 33.2 Å². The van der Waals surface area contributed by atoms with Gasteiger partial charge in [0.05, 0.1) is 26.4 Å². The summed E-state index contributed by atoms with van der Waals surface area (Å²) in [5.41, 5.74) is 0. The molecule has 14 N–H and O–H groups in total. The van der Waals surface area contributed by atoms with E-state index in [9.17, 15) is 71.5 Å². The van der Waals surface area contributed by atoms with Crippen molar-refractivity contribution >= 4 is 0 Å². The summed E-state index contributed by atoms with van der Waals surface area (Å²) < 4.78 is 38.0. The molecule has 4 fully saturated rings. The molecule has 4 rings (SSSR count). The van der Waals surface area contributed by atoms with Gasteiger partial charge in [0.2, 0.25) is 0 Å². The lowest BCUT2D eigenvalue weighted by Crippen LogP contribution is -2.67. The smallest absolute Gasteiger partial charge is 0.187 e. The Labute approximate surface area is 254 Å². The van der Waals surface area contributed by atoms with E-state index in [0.29, 0.717) is 0 Å². The molecule has 21 nitrogen and oxygen atoms in total. The van der Waals surface area contributed by atoms with E-state index in [2.05, 4.69) is 0 Å². The fourth-order valence-electron chi connectivity index (χ4n) is 5.44. The first-order valence-corrected chi connectivity index (χ1v) is 14.1. The quantitative estimate of drug-likeness (QED) is 0.103. The maximum atomic E-state index is 11.1. The van der Waals surface area contributed by atoms with E-state index in [1.54, 1.807) is 0 Å². The first kappa shape index (κ1) is 37.0. The molecule has 0 aliphatic carbocycles. The topological polar surface area (TPSA) is 348 Å². The second kappa shape index (κ2) is 15.6. The zero-order chi connectivity index (χ0) is 33.3. The highest BCUT2D eigenvalue weighted by atomic mass is 16.8. The highest BCUT2D eigenvalue weighted by Crippen LogP contribution is 2.33. The van der Waals surface area contributed by atoms with Crippen molar-refractivity contribution in [1.82, 2.24) is 0 Å². The number of aliphatic hydroxyl groups is 14. The van der Waals surface area contributed by atoms with Gasteiger partial charge >= 0.3 is 0 Å². The van der Waals surface area contributed by atoms with Gasteiger partial charge in [-0.25, -0.2) is 0 Å². The maximum Gasteiger partial charge on any atom is 0.187 e. The Hall–Kier alpha value is -0.840. The Balaban J connectivity index is 1.56. The number of aliphatic hydroxyl groups excluding tert-OH is 14. The predicted molar refractivity (Wildman–Crippen MR) is 134 cm³/mol. The van der Waals surface area contributed by atoms with Crippen LogP contribution in [-0.4, -0.2) is 221 Å². The SMILES string of the molecule is OC[C@@H]1O[C@H](OC[C@@H]2O[C@H](O[C@H]3[C@@H](O)[C@@H](O)[C@H](O)O[C@H]3CO)[C@@H](O)[C@H](O)[C@@H]2O[C@@H]2O[C@H](CO)[C@@H](O)[C@H](O)[C@@H]2O)[C@@H](O)[C@H](O)[C@H]1O. The molecule has 4 heterocycles. The van der Waals surface area contributed by atoms with Gasteiger partial charge in [-0.1, -0.05) is 0 Å².